The van der Waals surface area contributed by atoms with E-state index in [9.17, 15) is 0 Å². The molecule has 0 spiro atoms. The molecule has 0 heterocycles. The van der Waals surface area contributed by atoms with Crippen LogP contribution in [0.2, 0.25) is 0 Å². The van der Waals surface area contributed by atoms with E-state index in [-0.39, 0.29) is 0 Å². The van der Waals surface area contributed by atoms with Gasteiger partial charge < -0.3 is 0 Å². The van der Waals surface area contributed by atoms with Crippen molar-refractivity contribution in [3.63, 3.8) is 0 Å². The van der Waals surface area contributed by atoms with Crippen LogP contribution in [0.3, 0.4) is 0 Å². The van der Waals surface area contributed by atoms with E-state index in [1.54, 1.807) is 6.07 Å². The number of rotatable bonds is 2. The van der Waals surface area contributed by atoms with Gasteiger partial charge in [-0.2, -0.15) is 5.26 Å². The molecule has 2 N–H and O–H groups in total. The second kappa shape index (κ2) is 3.86. The van der Waals surface area contributed by atoms with E-state index in [1.165, 1.54) is 0 Å². The molecular weight excluding hydrogens is 152 g/mol. The van der Waals surface area contributed by atoms with Crippen molar-refractivity contribution in [2.45, 2.75) is 13.5 Å². The molecule has 0 amide bonds. The van der Waals surface area contributed by atoms with Gasteiger partial charge in [0.15, 0.2) is 0 Å². The van der Waals surface area contributed by atoms with Gasteiger partial charge in [0, 0.05) is 0 Å². The Morgan fingerprint density at radius 1 is 1.58 bits per heavy atom. The number of hydrogen-bond donors (Lipinski definition) is 1. The third-order valence-electron chi connectivity index (χ3n) is 1.71. The third-order valence-corrected chi connectivity index (χ3v) is 1.71. The minimum Gasteiger partial charge on any atom is -0.300 e. The molecular formula is C9H10N2O. The van der Waals surface area contributed by atoms with Crippen LogP contribution in [-0.2, 0) is 11.4 Å². The maximum atomic E-state index is 8.58. The Morgan fingerprint density at radius 3 is 2.83 bits per heavy atom. The highest BCUT2D eigenvalue weighted by atomic mass is 16.6. The second-order valence-corrected chi connectivity index (χ2v) is 2.56. The summed E-state index contributed by atoms with van der Waals surface area (Å²) in [6, 6.07) is 7.48. The number of hydrogen-bond acceptors (Lipinski definition) is 3. The average molecular weight is 162 g/mol. The summed E-state index contributed by atoms with van der Waals surface area (Å²) in [6.45, 7) is 2.31. The maximum absolute atomic E-state index is 8.58. The Hall–Kier alpha value is -1.37. The molecule has 3 heteroatoms. The van der Waals surface area contributed by atoms with Gasteiger partial charge in [0.25, 0.3) is 0 Å². The van der Waals surface area contributed by atoms with Gasteiger partial charge in [0.05, 0.1) is 18.2 Å². The van der Waals surface area contributed by atoms with Crippen LogP contribution in [0.1, 0.15) is 16.7 Å². The van der Waals surface area contributed by atoms with Crippen LogP contribution in [0.25, 0.3) is 0 Å². The molecule has 1 aromatic rings. The summed E-state index contributed by atoms with van der Waals surface area (Å²) < 4.78 is 0. The first kappa shape index (κ1) is 8.72. The van der Waals surface area contributed by atoms with Crippen LogP contribution in [0, 0.1) is 18.3 Å². The van der Waals surface area contributed by atoms with E-state index < -0.39 is 0 Å². The molecule has 3 nitrogen and oxygen atoms in total. The molecule has 0 aromatic heterocycles. The normalized spacial score (nSPS) is 9.42. The van der Waals surface area contributed by atoms with Crippen molar-refractivity contribution in [2.75, 3.05) is 0 Å². The van der Waals surface area contributed by atoms with Crippen molar-refractivity contribution in [2.24, 2.45) is 5.90 Å². The second-order valence-electron chi connectivity index (χ2n) is 2.56. The van der Waals surface area contributed by atoms with Gasteiger partial charge >= 0.3 is 0 Å². The molecule has 1 rings (SSSR count). The van der Waals surface area contributed by atoms with E-state index in [4.69, 9.17) is 11.2 Å². The summed E-state index contributed by atoms with van der Waals surface area (Å²) in [5, 5.41) is 8.58. The first-order chi connectivity index (χ1) is 5.77. The lowest BCUT2D eigenvalue weighted by Gasteiger charge is -2.03. The quantitative estimate of drug-likeness (QED) is 0.666. The highest BCUT2D eigenvalue weighted by Gasteiger charge is 1.98. The van der Waals surface area contributed by atoms with E-state index in [0.29, 0.717) is 12.2 Å². The fraction of sp³-hybridized carbons (Fsp3) is 0.222. The molecule has 62 valence electrons. The van der Waals surface area contributed by atoms with E-state index in [2.05, 4.69) is 10.9 Å². The lowest BCUT2D eigenvalue weighted by molar-refractivity contribution is 0.123. The van der Waals surface area contributed by atoms with Gasteiger partial charge in [-0.25, -0.2) is 5.90 Å². The highest BCUT2D eigenvalue weighted by molar-refractivity contribution is 5.37. The molecule has 12 heavy (non-hydrogen) atoms. The van der Waals surface area contributed by atoms with Crippen LogP contribution >= 0.6 is 0 Å². The molecule has 0 fully saturated rings. The van der Waals surface area contributed by atoms with Gasteiger partial charge in [-0.1, -0.05) is 6.07 Å². The lowest BCUT2D eigenvalue weighted by atomic mass is 10.1. The zero-order valence-electron chi connectivity index (χ0n) is 6.87. The summed E-state index contributed by atoms with van der Waals surface area (Å²) in [6.07, 6.45) is 0. The minimum atomic E-state index is 0.386. The van der Waals surface area contributed by atoms with Gasteiger partial charge in [-0.05, 0) is 30.2 Å². The van der Waals surface area contributed by atoms with Gasteiger partial charge in [0.1, 0.15) is 0 Å². The maximum Gasteiger partial charge on any atom is 0.0991 e. The number of benzene rings is 1. The van der Waals surface area contributed by atoms with Crippen LogP contribution in [0.15, 0.2) is 18.2 Å². The molecule has 1 aromatic carbocycles. The van der Waals surface area contributed by atoms with Crippen molar-refractivity contribution >= 4 is 0 Å². The fourth-order valence-electron chi connectivity index (χ4n) is 1.02. The summed E-state index contributed by atoms with van der Waals surface area (Å²) in [7, 11) is 0. The molecule has 0 aliphatic rings. The van der Waals surface area contributed by atoms with Crippen LogP contribution in [0.5, 0.6) is 0 Å². The largest absolute Gasteiger partial charge is 0.300 e. The monoisotopic (exact) mass is 162 g/mol. The molecule has 0 saturated heterocycles. The van der Waals surface area contributed by atoms with Crippen molar-refractivity contribution in [1.82, 2.24) is 0 Å². The Morgan fingerprint density at radius 2 is 2.33 bits per heavy atom. The molecule has 0 saturated carbocycles. The van der Waals surface area contributed by atoms with Crippen molar-refractivity contribution in [3.05, 3.63) is 34.9 Å². The highest BCUT2D eigenvalue weighted by Crippen LogP contribution is 2.10. The zero-order chi connectivity index (χ0) is 8.97. The number of nitriles is 1. The van der Waals surface area contributed by atoms with Gasteiger partial charge in [-0.3, -0.25) is 4.84 Å². The molecule has 0 aliphatic carbocycles. The Balaban J connectivity index is 2.97. The Bertz CT molecular complexity index is 315. The standard InChI is InChI=1S/C9H10N2O/c1-7-4-8(5-10)2-3-9(7)6-12-11/h2-4H,6,11H2,1H3. The first-order valence-electron chi connectivity index (χ1n) is 3.59. The van der Waals surface area contributed by atoms with Crippen LogP contribution in [0.4, 0.5) is 0 Å². The van der Waals surface area contributed by atoms with E-state index >= 15 is 0 Å². The first-order valence-corrected chi connectivity index (χ1v) is 3.59. The fourth-order valence-corrected chi connectivity index (χ4v) is 1.02. The molecule has 0 unspecified atom stereocenters. The predicted octanol–water partition coefficient (Wildman–Crippen LogP) is 1.26. The number of nitrogens with two attached hydrogens (primary N) is 1. The number of nitrogens with zero attached hydrogens (tertiary/aromatic N) is 1. The summed E-state index contributed by atoms with van der Waals surface area (Å²) in [5.41, 5.74) is 2.70. The van der Waals surface area contributed by atoms with Gasteiger partial charge in [0.2, 0.25) is 0 Å². The van der Waals surface area contributed by atoms with Crippen LogP contribution in [-0.4, -0.2) is 0 Å². The molecule has 0 bridgehead atoms. The molecule has 0 radical (unpaired) electrons. The summed E-state index contributed by atoms with van der Waals surface area (Å²) in [4.78, 5) is 4.50. The predicted molar refractivity (Wildman–Crippen MR) is 44.9 cm³/mol. The van der Waals surface area contributed by atoms with E-state index in [0.717, 1.165) is 11.1 Å². The van der Waals surface area contributed by atoms with Crippen molar-refractivity contribution in [3.8, 4) is 6.07 Å². The number of aryl methyl sites for hydroxylation is 1. The van der Waals surface area contributed by atoms with Crippen LogP contribution < -0.4 is 5.90 Å². The minimum absolute atomic E-state index is 0.386. The smallest absolute Gasteiger partial charge is 0.0991 e. The Kier molecular flexibility index (Phi) is 2.81. The molecule has 0 aliphatic heterocycles. The SMILES string of the molecule is Cc1cc(C#N)ccc1CON. The zero-order valence-corrected chi connectivity index (χ0v) is 6.87. The van der Waals surface area contributed by atoms with Crippen molar-refractivity contribution < 1.29 is 4.84 Å². The summed E-state index contributed by atoms with van der Waals surface area (Å²) in [5.74, 6) is 4.93. The van der Waals surface area contributed by atoms with Crippen molar-refractivity contribution in [1.29, 1.82) is 5.26 Å². The molecule has 0 atom stereocenters. The summed E-state index contributed by atoms with van der Waals surface area (Å²) >= 11 is 0. The lowest BCUT2D eigenvalue weighted by Crippen LogP contribution is -2.00. The third kappa shape index (κ3) is 1.82. The topological polar surface area (TPSA) is 59.0 Å². The van der Waals surface area contributed by atoms with Gasteiger partial charge in [-0.15, -0.1) is 0 Å². The van der Waals surface area contributed by atoms with E-state index in [1.807, 2.05) is 19.1 Å². The average Bonchev–Trinajstić information content (AvgIpc) is 2.09. The Labute approximate surface area is 71.3 Å².